The van der Waals surface area contributed by atoms with Crippen molar-refractivity contribution in [2.45, 2.75) is 10.8 Å². The smallest absolute Gasteiger partial charge is 0.142 e. The Morgan fingerprint density at radius 3 is 2.53 bits per heavy atom. The maximum absolute atomic E-state index is 5.68. The molecule has 1 heterocycles. The van der Waals surface area contributed by atoms with Crippen molar-refractivity contribution in [2.75, 3.05) is 6.26 Å². The van der Waals surface area contributed by atoms with Gasteiger partial charge in [0.1, 0.15) is 10.0 Å². The van der Waals surface area contributed by atoms with Gasteiger partial charge in [0.25, 0.3) is 0 Å². The normalized spacial score (nSPS) is 10.5. The van der Waals surface area contributed by atoms with Gasteiger partial charge in [0.05, 0.1) is 5.88 Å². The van der Waals surface area contributed by atoms with E-state index in [-0.39, 0.29) is 0 Å². The summed E-state index contributed by atoms with van der Waals surface area (Å²) in [6.07, 6.45) is 2.06. The van der Waals surface area contributed by atoms with Crippen molar-refractivity contribution in [3.63, 3.8) is 0 Å². The van der Waals surface area contributed by atoms with E-state index in [4.69, 9.17) is 11.6 Å². The minimum Gasteiger partial charge on any atom is -0.142 e. The number of hydrogen-bond acceptors (Lipinski definition) is 4. The Morgan fingerprint density at radius 2 is 2.00 bits per heavy atom. The van der Waals surface area contributed by atoms with Gasteiger partial charge in [-0.25, -0.2) is 0 Å². The lowest BCUT2D eigenvalue weighted by atomic mass is 10.2. The number of thioether (sulfide) groups is 1. The molecule has 0 saturated carbocycles. The molecule has 15 heavy (non-hydrogen) atoms. The average molecular weight is 257 g/mol. The van der Waals surface area contributed by atoms with Crippen molar-refractivity contribution in [2.24, 2.45) is 0 Å². The highest BCUT2D eigenvalue weighted by Gasteiger charge is 2.05. The number of rotatable bonds is 3. The second-order valence-electron chi connectivity index (χ2n) is 2.86. The molecule has 2 rings (SSSR count). The summed E-state index contributed by atoms with van der Waals surface area (Å²) >= 11 is 8.95. The van der Waals surface area contributed by atoms with Crippen LogP contribution in [0.2, 0.25) is 0 Å². The summed E-state index contributed by atoms with van der Waals surface area (Å²) in [5.41, 5.74) is 1.10. The fourth-order valence-corrected chi connectivity index (χ4v) is 2.48. The highest BCUT2D eigenvalue weighted by molar-refractivity contribution is 7.98. The molecule has 1 aromatic heterocycles. The summed E-state index contributed by atoms with van der Waals surface area (Å²) in [4.78, 5) is 1.25. The van der Waals surface area contributed by atoms with Crippen LogP contribution in [0.4, 0.5) is 0 Å². The van der Waals surface area contributed by atoms with Crippen molar-refractivity contribution in [1.82, 2.24) is 10.2 Å². The highest BCUT2D eigenvalue weighted by Crippen LogP contribution is 2.26. The Morgan fingerprint density at radius 1 is 1.27 bits per heavy atom. The molecule has 0 aliphatic rings. The van der Waals surface area contributed by atoms with E-state index >= 15 is 0 Å². The van der Waals surface area contributed by atoms with Gasteiger partial charge in [0.2, 0.25) is 0 Å². The Hall–Kier alpha value is -0.580. The molecule has 0 aliphatic carbocycles. The lowest BCUT2D eigenvalue weighted by Crippen LogP contribution is -1.77. The van der Waals surface area contributed by atoms with E-state index in [1.54, 1.807) is 11.8 Å². The third-order valence-electron chi connectivity index (χ3n) is 1.92. The first-order valence-corrected chi connectivity index (χ1v) is 6.94. The van der Waals surface area contributed by atoms with Crippen LogP contribution in [0.25, 0.3) is 10.6 Å². The largest absolute Gasteiger partial charge is 0.147 e. The van der Waals surface area contributed by atoms with Crippen LogP contribution in [0.15, 0.2) is 29.2 Å². The monoisotopic (exact) mass is 256 g/mol. The standard InChI is InChI=1S/C10H9ClN2S2/c1-14-8-4-2-7(3-5-8)10-13-12-9(6-11)15-10/h2-5H,6H2,1H3. The van der Waals surface area contributed by atoms with Crippen molar-refractivity contribution in [3.05, 3.63) is 29.3 Å². The molecule has 5 heteroatoms. The molecular formula is C10H9ClN2S2. The molecule has 0 spiro atoms. The molecule has 0 N–H and O–H groups in total. The zero-order chi connectivity index (χ0) is 10.7. The van der Waals surface area contributed by atoms with Gasteiger partial charge >= 0.3 is 0 Å². The van der Waals surface area contributed by atoms with E-state index in [1.807, 2.05) is 0 Å². The first-order chi connectivity index (χ1) is 7.33. The molecule has 2 aromatic rings. The molecule has 2 nitrogen and oxygen atoms in total. The topological polar surface area (TPSA) is 25.8 Å². The van der Waals surface area contributed by atoms with Crippen molar-refractivity contribution < 1.29 is 0 Å². The number of hydrogen-bond donors (Lipinski definition) is 0. The summed E-state index contributed by atoms with van der Waals surface area (Å²) in [5.74, 6) is 0.431. The van der Waals surface area contributed by atoms with Crippen molar-refractivity contribution >= 4 is 34.7 Å². The van der Waals surface area contributed by atoms with Gasteiger partial charge in [0.15, 0.2) is 0 Å². The minimum absolute atomic E-state index is 0.431. The summed E-state index contributed by atoms with van der Waals surface area (Å²) in [5, 5.41) is 9.87. The molecule has 0 fully saturated rings. The molecule has 0 amide bonds. The van der Waals surface area contributed by atoms with Gasteiger partial charge in [-0.3, -0.25) is 0 Å². The zero-order valence-electron chi connectivity index (χ0n) is 8.11. The summed E-state index contributed by atoms with van der Waals surface area (Å²) < 4.78 is 0. The number of aromatic nitrogens is 2. The van der Waals surface area contributed by atoms with Crippen LogP contribution in [0.1, 0.15) is 5.01 Å². The maximum atomic E-state index is 5.68. The van der Waals surface area contributed by atoms with Gasteiger partial charge in [0, 0.05) is 10.5 Å². The van der Waals surface area contributed by atoms with Crippen molar-refractivity contribution in [3.8, 4) is 10.6 Å². The van der Waals surface area contributed by atoms with Crippen LogP contribution < -0.4 is 0 Å². The second kappa shape index (κ2) is 4.96. The molecule has 0 bridgehead atoms. The Labute approximate surface area is 102 Å². The quantitative estimate of drug-likeness (QED) is 0.619. The number of halogens is 1. The van der Waals surface area contributed by atoms with Gasteiger partial charge in [-0.05, 0) is 18.4 Å². The molecule has 0 atom stereocenters. The summed E-state index contributed by atoms with van der Waals surface area (Å²) in [7, 11) is 0. The molecule has 0 aliphatic heterocycles. The van der Waals surface area contributed by atoms with Gasteiger partial charge in [-0.1, -0.05) is 23.5 Å². The molecule has 78 valence electrons. The van der Waals surface area contributed by atoms with Crippen molar-refractivity contribution in [1.29, 1.82) is 0 Å². The Bertz CT molecular complexity index is 439. The number of alkyl halides is 1. The Kier molecular flexibility index (Phi) is 3.61. The molecule has 0 radical (unpaired) electrons. The van der Waals surface area contributed by atoms with Crippen LogP contribution in [0.3, 0.4) is 0 Å². The van der Waals surface area contributed by atoms with Crippen LogP contribution in [0, 0.1) is 0 Å². The third-order valence-corrected chi connectivity index (χ3v) is 4.05. The summed E-state index contributed by atoms with van der Waals surface area (Å²) in [6.45, 7) is 0. The van der Waals surface area contributed by atoms with Crippen LogP contribution >= 0.6 is 34.7 Å². The lowest BCUT2D eigenvalue weighted by molar-refractivity contribution is 1.04. The van der Waals surface area contributed by atoms with Crippen LogP contribution in [-0.2, 0) is 5.88 Å². The predicted octanol–water partition coefficient (Wildman–Crippen LogP) is 3.67. The fraction of sp³-hybridized carbons (Fsp3) is 0.200. The van der Waals surface area contributed by atoms with E-state index in [9.17, 15) is 0 Å². The van der Waals surface area contributed by atoms with Crippen LogP contribution in [-0.4, -0.2) is 16.5 Å². The van der Waals surface area contributed by atoms with Gasteiger partial charge < -0.3 is 0 Å². The van der Waals surface area contributed by atoms with E-state index in [0.29, 0.717) is 5.88 Å². The van der Waals surface area contributed by atoms with Gasteiger partial charge in [-0.2, -0.15) is 0 Å². The minimum atomic E-state index is 0.431. The first kappa shape index (κ1) is 10.9. The molecule has 1 aromatic carbocycles. The van der Waals surface area contributed by atoms with Crippen LogP contribution in [0.5, 0.6) is 0 Å². The SMILES string of the molecule is CSc1ccc(-c2nnc(CCl)s2)cc1. The predicted molar refractivity (Wildman–Crippen MR) is 66.7 cm³/mol. The van der Waals surface area contributed by atoms with E-state index in [1.165, 1.54) is 16.2 Å². The Balaban J connectivity index is 2.28. The molecule has 0 unspecified atom stereocenters. The lowest BCUT2D eigenvalue weighted by Gasteiger charge is -1.97. The third kappa shape index (κ3) is 2.51. The zero-order valence-corrected chi connectivity index (χ0v) is 10.5. The van der Waals surface area contributed by atoms with Gasteiger partial charge in [-0.15, -0.1) is 33.6 Å². The fourth-order valence-electron chi connectivity index (χ4n) is 1.16. The van der Waals surface area contributed by atoms with E-state index in [2.05, 4.69) is 40.7 Å². The average Bonchev–Trinajstić information content (AvgIpc) is 2.78. The second-order valence-corrected chi connectivity index (χ2v) is 5.07. The summed E-state index contributed by atoms with van der Waals surface area (Å²) in [6, 6.07) is 8.29. The maximum Gasteiger partial charge on any atom is 0.147 e. The molecular weight excluding hydrogens is 248 g/mol. The van der Waals surface area contributed by atoms with E-state index in [0.717, 1.165) is 15.6 Å². The number of benzene rings is 1. The number of nitrogens with zero attached hydrogens (tertiary/aromatic N) is 2. The highest BCUT2D eigenvalue weighted by atomic mass is 35.5. The first-order valence-electron chi connectivity index (χ1n) is 4.36. The van der Waals surface area contributed by atoms with E-state index < -0.39 is 0 Å². The molecule has 0 saturated heterocycles.